The Morgan fingerprint density at radius 3 is 2.25 bits per heavy atom. The molecule has 86 valence electrons. The van der Waals surface area contributed by atoms with Crippen molar-refractivity contribution >= 4 is 23.3 Å². The Labute approximate surface area is 100 Å². The summed E-state index contributed by atoms with van der Waals surface area (Å²) in [5.74, 6) is 0.198. The maximum absolute atomic E-state index is 11.7. The summed E-state index contributed by atoms with van der Waals surface area (Å²) in [5, 5.41) is 0. The van der Waals surface area contributed by atoms with E-state index in [1.54, 1.807) is 11.8 Å². The minimum atomic E-state index is 0.0504. The highest BCUT2D eigenvalue weighted by atomic mass is 32.2. The molecule has 1 aromatic carbocycles. The standard InChI is InChI=1S/C13H16O2S/c1-3-11(14)6-9-13(15)10-4-7-12(16-2)8-5-10/h4-5,7-8H,3,6,9H2,1-2H3. The lowest BCUT2D eigenvalue weighted by Gasteiger charge is -2.01. The van der Waals surface area contributed by atoms with E-state index in [0.717, 1.165) is 4.90 Å². The lowest BCUT2D eigenvalue weighted by molar-refractivity contribution is -0.118. The van der Waals surface area contributed by atoms with Crippen molar-refractivity contribution in [1.82, 2.24) is 0 Å². The average molecular weight is 236 g/mol. The number of hydrogen-bond donors (Lipinski definition) is 0. The number of thioether (sulfide) groups is 1. The average Bonchev–Trinajstić information content (AvgIpc) is 2.35. The number of Topliss-reactive ketones (excluding diaryl/α,β-unsaturated/α-hetero) is 2. The van der Waals surface area contributed by atoms with Crippen molar-refractivity contribution in [1.29, 1.82) is 0 Å². The number of benzene rings is 1. The minimum Gasteiger partial charge on any atom is -0.300 e. The monoisotopic (exact) mass is 236 g/mol. The van der Waals surface area contributed by atoms with Crippen molar-refractivity contribution in [2.24, 2.45) is 0 Å². The Morgan fingerprint density at radius 1 is 1.12 bits per heavy atom. The summed E-state index contributed by atoms with van der Waals surface area (Å²) in [6.45, 7) is 1.82. The highest BCUT2D eigenvalue weighted by Gasteiger charge is 2.07. The molecule has 0 saturated carbocycles. The van der Waals surface area contributed by atoms with E-state index in [0.29, 0.717) is 24.8 Å². The molecule has 0 aliphatic carbocycles. The SMILES string of the molecule is CCC(=O)CCC(=O)c1ccc(SC)cc1. The quantitative estimate of drug-likeness (QED) is 0.561. The molecule has 0 spiro atoms. The molecular formula is C13H16O2S. The third kappa shape index (κ3) is 3.81. The van der Waals surface area contributed by atoms with Gasteiger partial charge in [0.1, 0.15) is 5.78 Å². The van der Waals surface area contributed by atoms with Crippen LogP contribution in [0.15, 0.2) is 29.2 Å². The van der Waals surface area contributed by atoms with Crippen LogP contribution in [0, 0.1) is 0 Å². The molecule has 0 saturated heterocycles. The Balaban J connectivity index is 2.56. The van der Waals surface area contributed by atoms with E-state index in [9.17, 15) is 9.59 Å². The molecule has 1 rings (SSSR count). The number of carbonyl (C=O) groups is 2. The van der Waals surface area contributed by atoms with E-state index in [1.807, 2.05) is 37.4 Å². The van der Waals surface area contributed by atoms with Crippen LogP contribution >= 0.6 is 11.8 Å². The van der Waals surface area contributed by atoms with Crippen molar-refractivity contribution in [3.8, 4) is 0 Å². The van der Waals surface area contributed by atoms with E-state index in [4.69, 9.17) is 0 Å². The summed E-state index contributed by atoms with van der Waals surface area (Å²) >= 11 is 1.65. The van der Waals surface area contributed by atoms with Crippen LogP contribution in [-0.4, -0.2) is 17.8 Å². The lowest BCUT2D eigenvalue weighted by Crippen LogP contribution is -2.03. The second kappa shape index (κ2) is 6.48. The molecule has 3 heteroatoms. The maximum atomic E-state index is 11.7. The molecule has 0 N–H and O–H groups in total. The Kier molecular flexibility index (Phi) is 5.26. The highest BCUT2D eigenvalue weighted by molar-refractivity contribution is 7.98. The van der Waals surface area contributed by atoms with Crippen LogP contribution in [0.3, 0.4) is 0 Å². The van der Waals surface area contributed by atoms with E-state index in [2.05, 4.69) is 0 Å². The number of ketones is 2. The van der Waals surface area contributed by atoms with Crippen LogP contribution < -0.4 is 0 Å². The van der Waals surface area contributed by atoms with Gasteiger partial charge in [0.2, 0.25) is 0 Å². The van der Waals surface area contributed by atoms with Gasteiger partial charge in [-0.2, -0.15) is 0 Å². The van der Waals surface area contributed by atoms with Crippen LogP contribution in [0.2, 0.25) is 0 Å². The number of hydrogen-bond acceptors (Lipinski definition) is 3. The van der Waals surface area contributed by atoms with Crippen molar-refractivity contribution in [3.63, 3.8) is 0 Å². The summed E-state index contributed by atoms with van der Waals surface area (Å²) < 4.78 is 0. The van der Waals surface area contributed by atoms with Gasteiger partial charge in [0.15, 0.2) is 5.78 Å². The van der Waals surface area contributed by atoms with Crippen molar-refractivity contribution < 1.29 is 9.59 Å². The third-order valence-electron chi connectivity index (χ3n) is 2.44. The smallest absolute Gasteiger partial charge is 0.163 e. The zero-order valence-electron chi connectivity index (χ0n) is 9.66. The summed E-state index contributed by atoms with van der Waals surface area (Å²) in [6, 6.07) is 7.51. The Hall–Kier alpha value is -1.09. The fourth-order valence-electron chi connectivity index (χ4n) is 1.35. The van der Waals surface area contributed by atoms with Gasteiger partial charge in [-0.25, -0.2) is 0 Å². The van der Waals surface area contributed by atoms with E-state index >= 15 is 0 Å². The van der Waals surface area contributed by atoms with E-state index in [-0.39, 0.29) is 11.6 Å². The Morgan fingerprint density at radius 2 is 1.75 bits per heavy atom. The normalized spacial score (nSPS) is 10.1. The van der Waals surface area contributed by atoms with Crippen LogP contribution in [0.4, 0.5) is 0 Å². The maximum Gasteiger partial charge on any atom is 0.163 e. The van der Waals surface area contributed by atoms with Gasteiger partial charge >= 0.3 is 0 Å². The first-order chi connectivity index (χ1) is 7.67. The molecule has 0 atom stereocenters. The van der Waals surface area contributed by atoms with Gasteiger partial charge in [-0.3, -0.25) is 9.59 Å². The largest absolute Gasteiger partial charge is 0.300 e. The van der Waals surface area contributed by atoms with Crippen molar-refractivity contribution in [2.75, 3.05) is 6.26 Å². The van der Waals surface area contributed by atoms with Gasteiger partial charge in [-0.15, -0.1) is 11.8 Å². The molecule has 16 heavy (non-hydrogen) atoms. The molecule has 0 bridgehead atoms. The van der Waals surface area contributed by atoms with Gasteiger partial charge in [0.05, 0.1) is 0 Å². The lowest BCUT2D eigenvalue weighted by atomic mass is 10.0. The zero-order chi connectivity index (χ0) is 12.0. The predicted molar refractivity (Wildman–Crippen MR) is 67.1 cm³/mol. The molecule has 0 radical (unpaired) electrons. The summed E-state index contributed by atoms with van der Waals surface area (Å²) in [7, 11) is 0. The van der Waals surface area contributed by atoms with Crippen LogP contribution in [0.25, 0.3) is 0 Å². The first-order valence-electron chi connectivity index (χ1n) is 5.36. The van der Waals surface area contributed by atoms with Crippen LogP contribution in [0.1, 0.15) is 36.5 Å². The van der Waals surface area contributed by atoms with Gasteiger partial charge in [-0.1, -0.05) is 19.1 Å². The summed E-state index contributed by atoms with van der Waals surface area (Å²) in [4.78, 5) is 23.9. The molecule has 1 aromatic rings. The molecule has 0 aromatic heterocycles. The number of carbonyl (C=O) groups excluding carboxylic acids is 2. The Bertz CT molecular complexity index is 368. The van der Waals surface area contributed by atoms with Gasteiger partial charge < -0.3 is 0 Å². The molecule has 0 aliphatic heterocycles. The van der Waals surface area contributed by atoms with Crippen molar-refractivity contribution in [3.05, 3.63) is 29.8 Å². The van der Waals surface area contributed by atoms with Crippen LogP contribution in [-0.2, 0) is 4.79 Å². The molecular weight excluding hydrogens is 220 g/mol. The van der Waals surface area contributed by atoms with Gasteiger partial charge in [0, 0.05) is 29.7 Å². The van der Waals surface area contributed by atoms with E-state index in [1.165, 1.54) is 0 Å². The first-order valence-corrected chi connectivity index (χ1v) is 6.58. The highest BCUT2D eigenvalue weighted by Crippen LogP contribution is 2.16. The first kappa shape index (κ1) is 13.0. The fraction of sp³-hybridized carbons (Fsp3) is 0.385. The fourth-order valence-corrected chi connectivity index (χ4v) is 1.76. The third-order valence-corrected chi connectivity index (χ3v) is 3.18. The van der Waals surface area contributed by atoms with Crippen LogP contribution in [0.5, 0.6) is 0 Å². The van der Waals surface area contributed by atoms with Crippen molar-refractivity contribution in [2.45, 2.75) is 31.1 Å². The molecule has 0 amide bonds. The molecule has 0 fully saturated rings. The number of rotatable bonds is 6. The molecule has 0 unspecified atom stereocenters. The molecule has 0 aliphatic rings. The minimum absolute atomic E-state index is 0.0504. The summed E-state index contributed by atoms with van der Waals surface area (Å²) in [5.41, 5.74) is 0.696. The van der Waals surface area contributed by atoms with E-state index < -0.39 is 0 Å². The summed E-state index contributed by atoms with van der Waals surface area (Å²) in [6.07, 6.45) is 3.19. The second-order valence-corrected chi connectivity index (χ2v) is 4.42. The topological polar surface area (TPSA) is 34.1 Å². The second-order valence-electron chi connectivity index (χ2n) is 3.54. The zero-order valence-corrected chi connectivity index (χ0v) is 10.5. The molecule has 0 heterocycles. The van der Waals surface area contributed by atoms with Gasteiger partial charge in [-0.05, 0) is 18.4 Å². The predicted octanol–water partition coefficient (Wildman–Crippen LogP) is 3.35. The molecule has 2 nitrogen and oxygen atoms in total. The van der Waals surface area contributed by atoms with Gasteiger partial charge in [0.25, 0.3) is 0 Å².